The molecule has 248 valence electrons. The van der Waals surface area contributed by atoms with E-state index in [4.69, 9.17) is 11.6 Å². The summed E-state index contributed by atoms with van der Waals surface area (Å²) < 4.78 is 0. The second kappa shape index (κ2) is 15.9. The third-order valence-corrected chi connectivity index (χ3v) is 8.51. The van der Waals surface area contributed by atoms with Crippen molar-refractivity contribution in [2.75, 3.05) is 20.1 Å². The van der Waals surface area contributed by atoms with Crippen molar-refractivity contribution >= 4 is 35.2 Å². The van der Waals surface area contributed by atoms with Gasteiger partial charge in [0.25, 0.3) is 0 Å². The molecule has 0 saturated heterocycles. The Morgan fingerprint density at radius 1 is 0.872 bits per heavy atom. The van der Waals surface area contributed by atoms with Gasteiger partial charge in [0.1, 0.15) is 12.1 Å². The summed E-state index contributed by atoms with van der Waals surface area (Å²) in [6.07, 6.45) is 4.09. The van der Waals surface area contributed by atoms with Crippen LogP contribution in [0.5, 0.6) is 0 Å². The molecule has 0 aliphatic carbocycles. The lowest BCUT2D eigenvalue weighted by Crippen LogP contribution is -2.58. The van der Waals surface area contributed by atoms with Crippen LogP contribution < -0.4 is 16.0 Å². The summed E-state index contributed by atoms with van der Waals surface area (Å²) >= 11 is 6.16. The first-order valence-electron chi connectivity index (χ1n) is 15.8. The number of nitrogens with zero attached hydrogens (tertiary/aromatic N) is 2. The molecule has 4 amide bonds. The first-order chi connectivity index (χ1) is 22.4. The van der Waals surface area contributed by atoms with Gasteiger partial charge in [-0.2, -0.15) is 0 Å². The third kappa shape index (κ3) is 9.53. The summed E-state index contributed by atoms with van der Waals surface area (Å²) in [6.45, 7) is 7.29. The summed E-state index contributed by atoms with van der Waals surface area (Å²) in [5, 5.41) is 8.98. The molecule has 0 spiro atoms. The molecule has 4 rings (SSSR count). The quantitative estimate of drug-likeness (QED) is 0.265. The van der Waals surface area contributed by atoms with Crippen LogP contribution in [-0.2, 0) is 32.0 Å². The molecule has 0 unspecified atom stereocenters. The molecular weight excluding hydrogens is 614 g/mol. The zero-order valence-electron chi connectivity index (χ0n) is 27.6. The molecule has 9 nitrogen and oxygen atoms in total. The number of likely N-dealkylation sites (N-methyl/N-ethyl adjacent to an activating group) is 1. The van der Waals surface area contributed by atoms with Crippen LogP contribution in [0.3, 0.4) is 0 Å². The lowest BCUT2D eigenvalue weighted by Gasteiger charge is -2.36. The molecular formula is C37H44ClN5O4. The fourth-order valence-electron chi connectivity index (χ4n) is 5.33. The highest BCUT2D eigenvalue weighted by atomic mass is 35.5. The van der Waals surface area contributed by atoms with Crippen molar-refractivity contribution in [3.05, 3.63) is 107 Å². The molecule has 0 radical (unpaired) electrons. The standard InChI is InChI=1S/C37H44ClN5O4/c1-25(39-5)34(45)41-33(37(2,3)4)35(46)40-24-32(44)43-21-20-42(19-18-26-10-9-13-30(38)22-26)36(47)31(43)23-27-14-16-29(17-15-27)28-11-7-6-8-12-28/h6-17,20-22,25,31,33,39H,18-19,23-24H2,1-5H3,(H,40,46)(H,41,45)/t25-,31-,33+/m0/s1. The highest BCUT2D eigenvalue weighted by molar-refractivity contribution is 6.30. The number of halogens is 1. The van der Waals surface area contributed by atoms with Gasteiger partial charge in [-0.05, 0) is 60.2 Å². The predicted octanol–water partition coefficient (Wildman–Crippen LogP) is 4.56. The molecule has 1 heterocycles. The van der Waals surface area contributed by atoms with E-state index in [9.17, 15) is 19.2 Å². The molecule has 1 aliphatic rings. The second-order valence-corrected chi connectivity index (χ2v) is 13.3. The second-order valence-electron chi connectivity index (χ2n) is 12.8. The summed E-state index contributed by atoms with van der Waals surface area (Å²) in [5.41, 5.74) is 3.41. The smallest absolute Gasteiger partial charge is 0.250 e. The summed E-state index contributed by atoms with van der Waals surface area (Å²) in [6, 6.07) is 23.3. The van der Waals surface area contributed by atoms with Crippen LogP contribution in [0.1, 0.15) is 38.8 Å². The summed E-state index contributed by atoms with van der Waals surface area (Å²) in [7, 11) is 1.66. The van der Waals surface area contributed by atoms with Crippen LogP contribution in [0.15, 0.2) is 91.3 Å². The van der Waals surface area contributed by atoms with E-state index in [1.807, 2.05) is 93.6 Å². The fourth-order valence-corrected chi connectivity index (χ4v) is 5.54. The molecule has 10 heteroatoms. The van der Waals surface area contributed by atoms with Gasteiger partial charge in [-0.25, -0.2) is 0 Å². The van der Waals surface area contributed by atoms with E-state index in [0.29, 0.717) is 18.0 Å². The van der Waals surface area contributed by atoms with Crippen molar-refractivity contribution in [3.63, 3.8) is 0 Å². The van der Waals surface area contributed by atoms with Gasteiger partial charge in [0.2, 0.25) is 23.6 Å². The molecule has 3 aromatic rings. The number of nitrogens with one attached hydrogen (secondary N) is 3. The van der Waals surface area contributed by atoms with Crippen LogP contribution >= 0.6 is 11.6 Å². The van der Waals surface area contributed by atoms with Crippen molar-refractivity contribution < 1.29 is 19.2 Å². The monoisotopic (exact) mass is 657 g/mol. The van der Waals surface area contributed by atoms with Gasteiger partial charge in [-0.3, -0.25) is 19.2 Å². The fraction of sp³-hybridized carbons (Fsp3) is 0.351. The van der Waals surface area contributed by atoms with Gasteiger partial charge in [-0.15, -0.1) is 0 Å². The zero-order chi connectivity index (χ0) is 34.1. The maximum Gasteiger partial charge on any atom is 0.250 e. The molecule has 3 N–H and O–H groups in total. The van der Waals surface area contributed by atoms with Crippen molar-refractivity contribution in [3.8, 4) is 11.1 Å². The van der Waals surface area contributed by atoms with E-state index in [2.05, 4.69) is 16.0 Å². The summed E-state index contributed by atoms with van der Waals surface area (Å²) in [5.74, 6) is -1.46. The van der Waals surface area contributed by atoms with Crippen molar-refractivity contribution in [2.45, 2.75) is 58.7 Å². The SMILES string of the molecule is CN[C@@H](C)C(=O)N[C@H](C(=O)NCC(=O)N1C=CN(CCc2cccc(Cl)c2)C(=O)[C@@H]1Cc1ccc(-c2ccccc2)cc1)C(C)(C)C. The Morgan fingerprint density at radius 2 is 1.55 bits per heavy atom. The number of carbonyl (C=O) groups is 4. The predicted molar refractivity (Wildman–Crippen MR) is 185 cm³/mol. The van der Waals surface area contributed by atoms with E-state index in [0.717, 1.165) is 22.3 Å². The third-order valence-electron chi connectivity index (χ3n) is 8.27. The van der Waals surface area contributed by atoms with Gasteiger partial charge in [0.15, 0.2) is 0 Å². The number of hydrogen-bond acceptors (Lipinski definition) is 5. The van der Waals surface area contributed by atoms with Crippen LogP contribution in [0, 0.1) is 5.41 Å². The minimum atomic E-state index is -0.877. The minimum Gasteiger partial charge on any atom is -0.345 e. The highest BCUT2D eigenvalue weighted by Crippen LogP contribution is 2.24. The topological polar surface area (TPSA) is 111 Å². The van der Waals surface area contributed by atoms with Gasteiger partial charge < -0.3 is 25.8 Å². The first-order valence-corrected chi connectivity index (χ1v) is 16.2. The molecule has 0 aromatic heterocycles. The maximum atomic E-state index is 13.9. The molecule has 47 heavy (non-hydrogen) atoms. The number of rotatable bonds is 12. The molecule has 3 atom stereocenters. The van der Waals surface area contributed by atoms with Crippen LogP contribution in [0.2, 0.25) is 5.02 Å². The van der Waals surface area contributed by atoms with E-state index in [1.54, 1.807) is 37.3 Å². The first kappa shape index (κ1) is 35.4. The molecule has 0 bridgehead atoms. The normalized spacial score (nSPS) is 16.0. The minimum absolute atomic E-state index is 0.220. The van der Waals surface area contributed by atoms with E-state index >= 15 is 0 Å². The molecule has 1 aliphatic heterocycles. The lowest BCUT2D eigenvalue weighted by atomic mass is 9.86. The van der Waals surface area contributed by atoms with Gasteiger partial charge in [-0.1, -0.05) is 99.1 Å². The van der Waals surface area contributed by atoms with Gasteiger partial charge >= 0.3 is 0 Å². The van der Waals surface area contributed by atoms with Crippen LogP contribution in [0.4, 0.5) is 0 Å². The van der Waals surface area contributed by atoms with Crippen molar-refractivity contribution in [1.82, 2.24) is 25.8 Å². The van der Waals surface area contributed by atoms with E-state index in [-0.39, 0.29) is 24.8 Å². The molecule has 3 aromatic carbocycles. The van der Waals surface area contributed by atoms with Crippen LogP contribution in [-0.4, -0.2) is 71.7 Å². The Bertz CT molecular complexity index is 1590. The Kier molecular flexibility index (Phi) is 12.0. The number of benzene rings is 3. The number of amides is 4. The highest BCUT2D eigenvalue weighted by Gasteiger charge is 2.37. The summed E-state index contributed by atoms with van der Waals surface area (Å²) in [4.78, 5) is 56.5. The average Bonchev–Trinajstić information content (AvgIpc) is 3.06. The zero-order valence-corrected chi connectivity index (χ0v) is 28.4. The van der Waals surface area contributed by atoms with E-state index < -0.39 is 35.4 Å². The average molecular weight is 658 g/mol. The van der Waals surface area contributed by atoms with Gasteiger partial charge in [0.05, 0.1) is 12.6 Å². The Morgan fingerprint density at radius 3 is 2.19 bits per heavy atom. The molecule has 0 fully saturated rings. The van der Waals surface area contributed by atoms with Crippen molar-refractivity contribution in [1.29, 1.82) is 0 Å². The van der Waals surface area contributed by atoms with Crippen molar-refractivity contribution in [2.24, 2.45) is 5.41 Å². The van der Waals surface area contributed by atoms with Gasteiger partial charge in [0, 0.05) is 30.4 Å². The van der Waals surface area contributed by atoms with Crippen LogP contribution in [0.25, 0.3) is 11.1 Å². The number of carbonyl (C=O) groups excluding carboxylic acids is 4. The lowest BCUT2D eigenvalue weighted by molar-refractivity contribution is -0.143. The maximum absolute atomic E-state index is 13.9. The Balaban J connectivity index is 1.51. The largest absolute Gasteiger partial charge is 0.345 e. The Labute approximate surface area is 282 Å². The Hall–Kier alpha value is -4.47. The number of hydrogen-bond donors (Lipinski definition) is 3. The molecule has 0 saturated carbocycles. The van der Waals surface area contributed by atoms with E-state index in [1.165, 1.54) is 4.90 Å².